The van der Waals surface area contributed by atoms with Crippen LogP contribution in [0.4, 0.5) is 0 Å². The fraction of sp³-hybridized carbons (Fsp3) is 0.400. The molecule has 0 spiro atoms. The molecule has 72 valence electrons. The van der Waals surface area contributed by atoms with Crippen LogP contribution in [0.5, 0.6) is 5.75 Å². The van der Waals surface area contributed by atoms with Crippen LogP contribution >= 0.6 is 11.9 Å². The summed E-state index contributed by atoms with van der Waals surface area (Å²) in [5, 5.41) is 0. The van der Waals surface area contributed by atoms with Crippen LogP contribution in [0.15, 0.2) is 29.2 Å². The van der Waals surface area contributed by atoms with Crippen molar-refractivity contribution in [1.29, 1.82) is 0 Å². The van der Waals surface area contributed by atoms with Crippen molar-refractivity contribution in [3.05, 3.63) is 24.3 Å². The third-order valence-corrected chi connectivity index (χ3v) is 2.57. The summed E-state index contributed by atoms with van der Waals surface area (Å²) in [4.78, 5) is 1.20. The third-order valence-electron chi connectivity index (χ3n) is 1.47. The minimum Gasteiger partial charge on any atom is -0.497 e. The first kappa shape index (κ1) is 10.4. The first-order valence-corrected chi connectivity index (χ1v) is 5.10. The van der Waals surface area contributed by atoms with Gasteiger partial charge in [-0.25, -0.2) is 0 Å². The Morgan fingerprint density at radius 2 is 1.85 bits per heavy atom. The summed E-state index contributed by atoms with van der Waals surface area (Å²) in [5.74, 6) is 0.897. The maximum atomic E-state index is 5.07. The van der Waals surface area contributed by atoms with Crippen molar-refractivity contribution in [1.82, 2.24) is 4.72 Å². The first-order chi connectivity index (χ1) is 6.22. The maximum absolute atomic E-state index is 5.07. The Morgan fingerprint density at radius 3 is 2.31 bits per heavy atom. The topological polar surface area (TPSA) is 21.3 Å². The van der Waals surface area contributed by atoms with Crippen molar-refractivity contribution in [2.45, 2.75) is 24.8 Å². The van der Waals surface area contributed by atoms with Gasteiger partial charge in [-0.05, 0) is 50.1 Å². The Balaban J connectivity index is 2.49. The minimum absolute atomic E-state index is 0.493. The standard InChI is InChI=1S/C10H15NOS/c1-8(2)11-13-10-6-4-9(12-3)5-7-10/h4-8,11H,1-3H3. The Kier molecular flexibility index (Phi) is 4.12. The van der Waals surface area contributed by atoms with Crippen molar-refractivity contribution >= 4 is 11.9 Å². The van der Waals surface area contributed by atoms with Gasteiger partial charge in [0, 0.05) is 10.9 Å². The molecule has 0 aliphatic carbocycles. The lowest BCUT2D eigenvalue weighted by Crippen LogP contribution is -2.13. The van der Waals surface area contributed by atoms with Crippen LogP contribution in [-0.2, 0) is 0 Å². The fourth-order valence-electron chi connectivity index (χ4n) is 0.830. The zero-order chi connectivity index (χ0) is 9.68. The zero-order valence-corrected chi connectivity index (χ0v) is 9.02. The number of benzene rings is 1. The number of hydrogen-bond donors (Lipinski definition) is 1. The summed E-state index contributed by atoms with van der Waals surface area (Å²) >= 11 is 1.64. The molecule has 0 amide bonds. The van der Waals surface area contributed by atoms with E-state index in [1.54, 1.807) is 19.1 Å². The molecule has 0 bridgehead atoms. The normalized spacial score (nSPS) is 10.5. The smallest absolute Gasteiger partial charge is 0.118 e. The van der Waals surface area contributed by atoms with E-state index in [2.05, 4.69) is 18.6 Å². The molecule has 1 aromatic rings. The van der Waals surface area contributed by atoms with E-state index in [0.29, 0.717) is 6.04 Å². The summed E-state index contributed by atoms with van der Waals surface area (Å²) in [5.41, 5.74) is 0. The summed E-state index contributed by atoms with van der Waals surface area (Å²) in [6, 6.07) is 8.50. The summed E-state index contributed by atoms with van der Waals surface area (Å²) in [6.45, 7) is 4.24. The molecule has 1 N–H and O–H groups in total. The number of hydrogen-bond acceptors (Lipinski definition) is 3. The lowest BCUT2D eigenvalue weighted by Gasteiger charge is -2.07. The molecule has 0 aliphatic heterocycles. The van der Waals surface area contributed by atoms with Crippen LogP contribution in [0.1, 0.15) is 13.8 Å². The van der Waals surface area contributed by atoms with Gasteiger partial charge in [-0.2, -0.15) is 0 Å². The molecule has 0 saturated carbocycles. The van der Waals surface area contributed by atoms with Crippen LogP contribution < -0.4 is 9.46 Å². The maximum Gasteiger partial charge on any atom is 0.118 e. The van der Waals surface area contributed by atoms with Gasteiger partial charge in [0.15, 0.2) is 0 Å². The molecule has 1 rings (SSSR count). The molecule has 0 fully saturated rings. The monoisotopic (exact) mass is 197 g/mol. The van der Waals surface area contributed by atoms with E-state index >= 15 is 0 Å². The van der Waals surface area contributed by atoms with Crippen LogP contribution in [0, 0.1) is 0 Å². The van der Waals surface area contributed by atoms with E-state index in [0.717, 1.165) is 5.75 Å². The Hall–Kier alpha value is -0.670. The second kappa shape index (κ2) is 5.14. The predicted molar refractivity (Wildman–Crippen MR) is 57.1 cm³/mol. The largest absolute Gasteiger partial charge is 0.497 e. The van der Waals surface area contributed by atoms with E-state index in [-0.39, 0.29) is 0 Å². The van der Waals surface area contributed by atoms with Gasteiger partial charge in [0.2, 0.25) is 0 Å². The molecule has 0 aromatic heterocycles. The molecule has 3 heteroatoms. The molecule has 2 nitrogen and oxygen atoms in total. The molecular formula is C10H15NOS. The fourth-order valence-corrected chi connectivity index (χ4v) is 1.47. The first-order valence-electron chi connectivity index (χ1n) is 4.29. The highest BCUT2D eigenvalue weighted by Crippen LogP contribution is 2.18. The minimum atomic E-state index is 0.493. The van der Waals surface area contributed by atoms with Crippen molar-refractivity contribution < 1.29 is 4.74 Å². The summed E-state index contributed by atoms with van der Waals surface area (Å²) < 4.78 is 8.34. The van der Waals surface area contributed by atoms with Gasteiger partial charge in [0.05, 0.1) is 7.11 Å². The number of methoxy groups -OCH3 is 1. The Labute approximate surface area is 83.8 Å². The van der Waals surface area contributed by atoms with Gasteiger partial charge in [-0.3, -0.25) is 4.72 Å². The zero-order valence-electron chi connectivity index (χ0n) is 8.20. The molecule has 0 unspecified atom stereocenters. The van der Waals surface area contributed by atoms with Gasteiger partial charge < -0.3 is 4.74 Å². The van der Waals surface area contributed by atoms with Crippen molar-refractivity contribution in [3.8, 4) is 5.75 Å². The molecule has 0 saturated heterocycles. The second-order valence-electron chi connectivity index (χ2n) is 3.05. The summed E-state index contributed by atoms with van der Waals surface area (Å²) in [6.07, 6.45) is 0. The van der Waals surface area contributed by atoms with E-state index in [9.17, 15) is 0 Å². The Morgan fingerprint density at radius 1 is 1.23 bits per heavy atom. The van der Waals surface area contributed by atoms with Crippen LogP contribution in [0.25, 0.3) is 0 Å². The number of nitrogens with one attached hydrogen (secondary N) is 1. The average molecular weight is 197 g/mol. The van der Waals surface area contributed by atoms with Crippen molar-refractivity contribution in [2.24, 2.45) is 0 Å². The highest BCUT2D eigenvalue weighted by Gasteiger charge is 1.96. The van der Waals surface area contributed by atoms with Crippen molar-refractivity contribution in [2.75, 3.05) is 7.11 Å². The molecule has 1 aromatic carbocycles. The highest BCUT2D eigenvalue weighted by atomic mass is 32.2. The van der Waals surface area contributed by atoms with Gasteiger partial charge in [-0.15, -0.1) is 0 Å². The highest BCUT2D eigenvalue weighted by molar-refractivity contribution is 7.97. The van der Waals surface area contributed by atoms with Crippen LogP contribution in [0.3, 0.4) is 0 Å². The molecule has 0 radical (unpaired) electrons. The molecular weight excluding hydrogens is 182 g/mol. The van der Waals surface area contributed by atoms with Gasteiger partial charge >= 0.3 is 0 Å². The molecule has 0 aliphatic rings. The van der Waals surface area contributed by atoms with E-state index in [1.165, 1.54) is 4.90 Å². The third kappa shape index (κ3) is 3.70. The average Bonchev–Trinajstić information content (AvgIpc) is 2.15. The second-order valence-corrected chi connectivity index (χ2v) is 3.96. The molecule has 0 heterocycles. The van der Waals surface area contributed by atoms with E-state index < -0.39 is 0 Å². The number of rotatable bonds is 4. The molecule has 13 heavy (non-hydrogen) atoms. The number of ether oxygens (including phenoxy) is 1. The van der Waals surface area contributed by atoms with Crippen LogP contribution in [0.2, 0.25) is 0 Å². The lowest BCUT2D eigenvalue weighted by atomic mass is 10.3. The summed E-state index contributed by atoms with van der Waals surface area (Å²) in [7, 11) is 1.68. The van der Waals surface area contributed by atoms with Crippen molar-refractivity contribution in [3.63, 3.8) is 0 Å². The molecule has 0 atom stereocenters. The predicted octanol–water partition coefficient (Wildman–Crippen LogP) is 2.70. The lowest BCUT2D eigenvalue weighted by molar-refractivity contribution is 0.414. The SMILES string of the molecule is COc1ccc(SNC(C)C)cc1. The quantitative estimate of drug-likeness (QED) is 0.750. The van der Waals surface area contributed by atoms with Gasteiger partial charge in [0.25, 0.3) is 0 Å². The van der Waals surface area contributed by atoms with Gasteiger partial charge in [0.1, 0.15) is 5.75 Å². The van der Waals surface area contributed by atoms with Gasteiger partial charge in [-0.1, -0.05) is 0 Å². The Bertz CT molecular complexity index is 246. The van der Waals surface area contributed by atoms with Crippen LogP contribution in [-0.4, -0.2) is 13.2 Å². The van der Waals surface area contributed by atoms with E-state index in [4.69, 9.17) is 4.74 Å². The van der Waals surface area contributed by atoms with E-state index in [1.807, 2.05) is 24.3 Å².